The van der Waals surface area contributed by atoms with Crippen molar-refractivity contribution in [2.45, 2.75) is 25.8 Å². The van der Waals surface area contributed by atoms with Crippen LogP contribution in [-0.2, 0) is 19.1 Å². The van der Waals surface area contributed by atoms with Crippen LogP contribution in [0.4, 0.5) is 0 Å². The van der Waals surface area contributed by atoms with E-state index in [0.29, 0.717) is 6.54 Å². The Labute approximate surface area is 95.7 Å². The van der Waals surface area contributed by atoms with Gasteiger partial charge in [-0.1, -0.05) is 6.92 Å². The number of amides is 1. The van der Waals surface area contributed by atoms with Crippen LogP contribution in [0, 0.1) is 5.92 Å². The molecule has 92 valence electrons. The van der Waals surface area contributed by atoms with E-state index in [1.54, 1.807) is 11.8 Å². The first kappa shape index (κ1) is 13.0. The highest BCUT2D eigenvalue weighted by atomic mass is 16.5. The van der Waals surface area contributed by atoms with Crippen molar-refractivity contribution in [2.75, 3.05) is 27.4 Å². The second-order valence-electron chi connectivity index (χ2n) is 4.13. The normalized spacial score (nSPS) is 16.7. The second kappa shape index (κ2) is 5.84. The summed E-state index contributed by atoms with van der Waals surface area (Å²) in [5.41, 5.74) is 0. The predicted molar refractivity (Wildman–Crippen MR) is 57.8 cm³/mol. The van der Waals surface area contributed by atoms with E-state index in [1.165, 1.54) is 14.2 Å². The topological polar surface area (TPSA) is 55.8 Å². The maximum Gasteiger partial charge on any atom is 0.310 e. The van der Waals surface area contributed by atoms with Crippen LogP contribution in [-0.4, -0.2) is 50.2 Å². The first-order chi connectivity index (χ1) is 7.60. The SMILES string of the molecule is COCC(=O)N(CC(C)C(=O)OC)C1CC1. The Morgan fingerprint density at radius 2 is 2.00 bits per heavy atom. The zero-order valence-corrected chi connectivity index (χ0v) is 10.1. The smallest absolute Gasteiger partial charge is 0.310 e. The Morgan fingerprint density at radius 3 is 2.44 bits per heavy atom. The van der Waals surface area contributed by atoms with Gasteiger partial charge in [0.1, 0.15) is 6.61 Å². The van der Waals surface area contributed by atoms with Gasteiger partial charge in [0.05, 0.1) is 13.0 Å². The third-order valence-corrected chi connectivity index (χ3v) is 2.65. The van der Waals surface area contributed by atoms with Crippen LogP contribution in [0.15, 0.2) is 0 Å². The van der Waals surface area contributed by atoms with E-state index in [0.717, 1.165) is 12.8 Å². The van der Waals surface area contributed by atoms with Crippen LogP contribution >= 0.6 is 0 Å². The monoisotopic (exact) mass is 229 g/mol. The zero-order chi connectivity index (χ0) is 12.1. The molecule has 1 unspecified atom stereocenters. The second-order valence-corrected chi connectivity index (χ2v) is 4.13. The van der Waals surface area contributed by atoms with Gasteiger partial charge in [0.25, 0.3) is 0 Å². The lowest BCUT2D eigenvalue weighted by Crippen LogP contribution is -2.40. The van der Waals surface area contributed by atoms with Crippen molar-refractivity contribution in [1.82, 2.24) is 4.90 Å². The molecule has 5 heteroatoms. The molecule has 0 radical (unpaired) electrons. The van der Waals surface area contributed by atoms with Gasteiger partial charge < -0.3 is 14.4 Å². The average Bonchev–Trinajstić information content (AvgIpc) is 3.08. The van der Waals surface area contributed by atoms with Gasteiger partial charge >= 0.3 is 5.97 Å². The molecule has 1 fully saturated rings. The molecule has 1 saturated carbocycles. The number of hydrogen-bond donors (Lipinski definition) is 0. The molecule has 0 aromatic rings. The van der Waals surface area contributed by atoms with Crippen molar-refractivity contribution in [3.8, 4) is 0 Å². The van der Waals surface area contributed by atoms with Crippen LogP contribution in [0.2, 0.25) is 0 Å². The summed E-state index contributed by atoms with van der Waals surface area (Å²) in [6.45, 7) is 2.26. The summed E-state index contributed by atoms with van der Waals surface area (Å²) in [6, 6.07) is 0.287. The molecule has 0 saturated heterocycles. The maximum atomic E-state index is 11.7. The number of ether oxygens (including phenoxy) is 2. The molecule has 1 aliphatic carbocycles. The van der Waals surface area contributed by atoms with Crippen LogP contribution in [0.25, 0.3) is 0 Å². The molecule has 16 heavy (non-hydrogen) atoms. The Kier molecular flexibility index (Phi) is 4.73. The van der Waals surface area contributed by atoms with Crippen molar-refractivity contribution in [2.24, 2.45) is 5.92 Å². The van der Waals surface area contributed by atoms with Crippen LogP contribution in [0.3, 0.4) is 0 Å². The molecule has 1 amide bonds. The van der Waals surface area contributed by atoms with Crippen molar-refractivity contribution in [3.05, 3.63) is 0 Å². The fourth-order valence-corrected chi connectivity index (χ4v) is 1.62. The molecule has 0 heterocycles. The van der Waals surface area contributed by atoms with E-state index in [4.69, 9.17) is 4.74 Å². The van der Waals surface area contributed by atoms with Crippen LogP contribution in [0.1, 0.15) is 19.8 Å². The Balaban J connectivity index is 2.50. The fourth-order valence-electron chi connectivity index (χ4n) is 1.62. The van der Waals surface area contributed by atoms with Gasteiger partial charge in [-0.25, -0.2) is 0 Å². The predicted octanol–water partition coefficient (Wildman–Crippen LogP) is 0.433. The lowest BCUT2D eigenvalue weighted by atomic mass is 10.1. The number of methoxy groups -OCH3 is 2. The standard InChI is InChI=1S/C11H19NO4/c1-8(11(14)16-3)6-12(9-4-5-9)10(13)7-15-2/h8-9H,4-7H2,1-3H3. The summed E-state index contributed by atoms with van der Waals surface area (Å²) >= 11 is 0. The summed E-state index contributed by atoms with van der Waals surface area (Å²) in [4.78, 5) is 24.7. The van der Waals surface area contributed by atoms with Gasteiger partial charge in [-0.15, -0.1) is 0 Å². The highest BCUT2D eigenvalue weighted by molar-refractivity contribution is 5.79. The Hall–Kier alpha value is -1.10. The fraction of sp³-hybridized carbons (Fsp3) is 0.818. The molecular formula is C11H19NO4. The molecule has 0 bridgehead atoms. The molecule has 0 N–H and O–H groups in total. The number of esters is 1. The van der Waals surface area contributed by atoms with Gasteiger partial charge in [0.2, 0.25) is 5.91 Å². The quantitative estimate of drug-likeness (QED) is 0.620. The molecule has 1 atom stereocenters. The Morgan fingerprint density at radius 1 is 1.38 bits per heavy atom. The van der Waals surface area contributed by atoms with E-state index in [1.807, 2.05) is 0 Å². The van der Waals surface area contributed by atoms with E-state index < -0.39 is 0 Å². The highest BCUT2D eigenvalue weighted by Crippen LogP contribution is 2.27. The summed E-state index contributed by atoms with van der Waals surface area (Å²) in [5.74, 6) is -0.622. The average molecular weight is 229 g/mol. The van der Waals surface area contributed by atoms with Crippen LogP contribution < -0.4 is 0 Å². The van der Waals surface area contributed by atoms with Crippen molar-refractivity contribution < 1.29 is 19.1 Å². The number of carbonyl (C=O) groups excluding carboxylic acids is 2. The molecule has 1 aliphatic rings. The minimum Gasteiger partial charge on any atom is -0.469 e. The molecule has 5 nitrogen and oxygen atoms in total. The number of nitrogens with zero attached hydrogens (tertiary/aromatic N) is 1. The molecule has 1 rings (SSSR count). The zero-order valence-electron chi connectivity index (χ0n) is 10.1. The highest BCUT2D eigenvalue weighted by Gasteiger charge is 2.34. The van der Waals surface area contributed by atoms with Gasteiger partial charge in [-0.3, -0.25) is 9.59 Å². The molecular weight excluding hydrogens is 210 g/mol. The van der Waals surface area contributed by atoms with Gasteiger partial charge in [0.15, 0.2) is 0 Å². The molecule has 0 aliphatic heterocycles. The van der Waals surface area contributed by atoms with E-state index in [2.05, 4.69) is 4.74 Å². The van der Waals surface area contributed by atoms with Gasteiger partial charge in [0, 0.05) is 19.7 Å². The van der Waals surface area contributed by atoms with Crippen molar-refractivity contribution in [1.29, 1.82) is 0 Å². The lowest BCUT2D eigenvalue weighted by molar-refractivity contribution is -0.147. The minimum atomic E-state index is -0.286. The summed E-state index contributed by atoms with van der Waals surface area (Å²) < 4.78 is 9.47. The first-order valence-electron chi connectivity index (χ1n) is 5.46. The number of hydrogen-bond acceptors (Lipinski definition) is 4. The third-order valence-electron chi connectivity index (χ3n) is 2.65. The van der Waals surface area contributed by atoms with Crippen LogP contribution in [0.5, 0.6) is 0 Å². The summed E-state index contributed by atoms with van der Waals surface area (Å²) in [5, 5.41) is 0. The molecule has 0 spiro atoms. The largest absolute Gasteiger partial charge is 0.469 e. The van der Waals surface area contributed by atoms with Gasteiger partial charge in [-0.05, 0) is 12.8 Å². The lowest BCUT2D eigenvalue weighted by Gasteiger charge is -2.24. The number of carbonyl (C=O) groups is 2. The molecule has 0 aromatic carbocycles. The van der Waals surface area contributed by atoms with E-state index in [-0.39, 0.29) is 30.4 Å². The first-order valence-corrected chi connectivity index (χ1v) is 5.46. The summed E-state index contributed by atoms with van der Waals surface area (Å²) in [7, 11) is 2.85. The van der Waals surface area contributed by atoms with Crippen molar-refractivity contribution in [3.63, 3.8) is 0 Å². The summed E-state index contributed by atoms with van der Waals surface area (Å²) in [6.07, 6.45) is 2.03. The van der Waals surface area contributed by atoms with Gasteiger partial charge in [-0.2, -0.15) is 0 Å². The van der Waals surface area contributed by atoms with Crippen molar-refractivity contribution >= 4 is 11.9 Å². The number of rotatable bonds is 6. The maximum absolute atomic E-state index is 11.7. The minimum absolute atomic E-state index is 0.0549. The van der Waals surface area contributed by atoms with E-state index in [9.17, 15) is 9.59 Å². The van der Waals surface area contributed by atoms with E-state index >= 15 is 0 Å². The third kappa shape index (κ3) is 3.48. The Bertz CT molecular complexity index is 263. The molecule has 0 aromatic heterocycles.